The first-order valence-electron chi connectivity index (χ1n) is 3.70. The Morgan fingerprint density at radius 1 is 1.64 bits per heavy atom. The van der Waals surface area contributed by atoms with Crippen LogP contribution in [0.15, 0.2) is 11.6 Å². The summed E-state index contributed by atoms with van der Waals surface area (Å²) in [6, 6.07) is -0.416. The fourth-order valence-corrected chi connectivity index (χ4v) is 0.517. The summed E-state index contributed by atoms with van der Waals surface area (Å²) in [6.07, 6.45) is 1.94. The molecule has 0 aromatic carbocycles. The van der Waals surface area contributed by atoms with Crippen LogP contribution in [0.4, 0.5) is 0 Å². The first kappa shape index (κ1) is 10.2. The number of allylic oxidation sites excluding steroid dienone is 1. The molecule has 0 aliphatic rings. The van der Waals surface area contributed by atoms with E-state index in [1.807, 2.05) is 19.9 Å². The number of hydrogen-bond donors (Lipinski definition) is 2. The average molecular weight is 156 g/mol. The van der Waals surface area contributed by atoms with E-state index in [-0.39, 0.29) is 5.91 Å². The van der Waals surface area contributed by atoms with E-state index in [2.05, 4.69) is 5.32 Å². The SMILES string of the molecule is CC(C)=CCNC(=O)[C@@H](C)N. The minimum atomic E-state index is -0.416. The first-order chi connectivity index (χ1) is 5.04. The lowest BCUT2D eigenvalue weighted by molar-refractivity contribution is -0.121. The van der Waals surface area contributed by atoms with Crippen molar-refractivity contribution in [2.75, 3.05) is 6.54 Å². The zero-order valence-electron chi connectivity index (χ0n) is 7.35. The van der Waals surface area contributed by atoms with Crippen molar-refractivity contribution in [1.82, 2.24) is 5.32 Å². The van der Waals surface area contributed by atoms with Crippen LogP contribution in [-0.2, 0) is 4.79 Å². The summed E-state index contributed by atoms with van der Waals surface area (Å²) in [4.78, 5) is 10.9. The van der Waals surface area contributed by atoms with Crippen LogP contribution in [0.5, 0.6) is 0 Å². The summed E-state index contributed by atoms with van der Waals surface area (Å²) in [7, 11) is 0. The third-order valence-corrected chi connectivity index (χ3v) is 1.20. The van der Waals surface area contributed by atoms with E-state index in [1.165, 1.54) is 5.57 Å². The normalized spacial score (nSPS) is 12.0. The molecule has 3 nitrogen and oxygen atoms in total. The largest absolute Gasteiger partial charge is 0.351 e. The number of amides is 1. The van der Waals surface area contributed by atoms with Gasteiger partial charge in [0.1, 0.15) is 0 Å². The van der Waals surface area contributed by atoms with E-state index < -0.39 is 6.04 Å². The van der Waals surface area contributed by atoms with Gasteiger partial charge in [0.2, 0.25) is 5.91 Å². The highest BCUT2D eigenvalue weighted by molar-refractivity contribution is 5.81. The predicted octanol–water partition coefficient (Wildman–Crippen LogP) is 0.416. The zero-order valence-corrected chi connectivity index (χ0v) is 7.35. The molecule has 0 saturated carbocycles. The average Bonchev–Trinajstić information content (AvgIpc) is 1.86. The third-order valence-electron chi connectivity index (χ3n) is 1.20. The fraction of sp³-hybridized carbons (Fsp3) is 0.625. The number of nitrogens with two attached hydrogens (primary N) is 1. The summed E-state index contributed by atoms with van der Waals surface area (Å²) in [5.41, 5.74) is 6.51. The van der Waals surface area contributed by atoms with Crippen LogP contribution in [0, 0.1) is 0 Å². The molecule has 1 amide bonds. The number of carbonyl (C=O) groups is 1. The van der Waals surface area contributed by atoms with Gasteiger partial charge >= 0.3 is 0 Å². The molecule has 0 aliphatic carbocycles. The van der Waals surface area contributed by atoms with Gasteiger partial charge in [0.05, 0.1) is 6.04 Å². The molecule has 3 heteroatoms. The summed E-state index contributed by atoms with van der Waals surface area (Å²) in [6.45, 7) is 6.20. The molecule has 0 rings (SSSR count). The van der Waals surface area contributed by atoms with Crippen molar-refractivity contribution in [3.8, 4) is 0 Å². The van der Waals surface area contributed by atoms with Crippen molar-refractivity contribution in [3.05, 3.63) is 11.6 Å². The van der Waals surface area contributed by atoms with E-state index in [0.717, 1.165) is 0 Å². The number of carbonyl (C=O) groups excluding carboxylic acids is 1. The second kappa shape index (κ2) is 4.91. The monoisotopic (exact) mass is 156 g/mol. The van der Waals surface area contributed by atoms with Gasteiger partial charge in [-0.15, -0.1) is 0 Å². The number of hydrogen-bond acceptors (Lipinski definition) is 2. The van der Waals surface area contributed by atoms with Crippen molar-refractivity contribution < 1.29 is 4.79 Å². The van der Waals surface area contributed by atoms with Crippen molar-refractivity contribution >= 4 is 5.91 Å². The highest BCUT2D eigenvalue weighted by Gasteiger charge is 2.03. The van der Waals surface area contributed by atoms with Crippen molar-refractivity contribution in [3.63, 3.8) is 0 Å². The smallest absolute Gasteiger partial charge is 0.236 e. The fourth-order valence-electron chi connectivity index (χ4n) is 0.517. The predicted molar refractivity (Wildman–Crippen MR) is 46.1 cm³/mol. The van der Waals surface area contributed by atoms with Crippen molar-refractivity contribution in [2.45, 2.75) is 26.8 Å². The minimum Gasteiger partial charge on any atom is -0.351 e. The highest BCUT2D eigenvalue weighted by Crippen LogP contribution is 1.85. The summed E-state index contributed by atoms with van der Waals surface area (Å²) in [5, 5.41) is 2.67. The molecule has 0 bridgehead atoms. The van der Waals surface area contributed by atoms with E-state index in [1.54, 1.807) is 6.92 Å². The molecule has 0 heterocycles. The van der Waals surface area contributed by atoms with Gasteiger partial charge in [0.25, 0.3) is 0 Å². The standard InChI is InChI=1S/C8H16N2O/c1-6(2)4-5-10-8(11)7(3)9/h4,7H,5,9H2,1-3H3,(H,10,11)/t7-/m1/s1. The Balaban J connectivity index is 3.56. The molecule has 1 atom stereocenters. The Bertz CT molecular complexity index is 157. The van der Waals surface area contributed by atoms with Crippen molar-refractivity contribution in [1.29, 1.82) is 0 Å². The summed E-state index contributed by atoms with van der Waals surface area (Å²) in [5.74, 6) is -0.109. The third kappa shape index (κ3) is 5.61. The highest BCUT2D eigenvalue weighted by atomic mass is 16.2. The molecule has 0 aromatic rings. The Morgan fingerprint density at radius 3 is 2.55 bits per heavy atom. The van der Waals surface area contributed by atoms with E-state index in [9.17, 15) is 4.79 Å². The van der Waals surface area contributed by atoms with Crippen LogP contribution in [0.25, 0.3) is 0 Å². The topological polar surface area (TPSA) is 55.1 Å². The van der Waals surface area contributed by atoms with Crippen LogP contribution in [-0.4, -0.2) is 18.5 Å². The van der Waals surface area contributed by atoms with E-state index >= 15 is 0 Å². The maximum Gasteiger partial charge on any atom is 0.236 e. The Hall–Kier alpha value is -0.830. The van der Waals surface area contributed by atoms with Gasteiger partial charge in [-0.1, -0.05) is 11.6 Å². The number of rotatable bonds is 3. The van der Waals surface area contributed by atoms with Crippen LogP contribution in [0.3, 0.4) is 0 Å². The van der Waals surface area contributed by atoms with Crippen molar-refractivity contribution in [2.24, 2.45) is 5.73 Å². The lowest BCUT2D eigenvalue weighted by Crippen LogP contribution is -2.38. The summed E-state index contributed by atoms with van der Waals surface area (Å²) >= 11 is 0. The quantitative estimate of drug-likeness (QED) is 0.582. The Kier molecular flexibility index (Phi) is 4.54. The van der Waals surface area contributed by atoms with Gasteiger partial charge in [-0.25, -0.2) is 0 Å². The molecule has 3 N–H and O–H groups in total. The maximum atomic E-state index is 10.9. The second-order valence-corrected chi connectivity index (χ2v) is 2.82. The second-order valence-electron chi connectivity index (χ2n) is 2.82. The van der Waals surface area contributed by atoms with E-state index in [4.69, 9.17) is 5.73 Å². The number of nitrogens with one attached hydrogen (secondary N) is 1. The first-order valence-corrected chi connectivity index (χ1v) is 3.70. The zero-order chi connectivity index (χ0) is 8.85. The molecule has 0 unspecified atom stereocenters. The minimum absolute atomic E-state index is 0.109. The molecular weight excluding hydrogens is 140 g/mol. The maximum absolute atomic E-state index is 10.9. The molecule has 0 aromatic heterocycles. The Morgan fingerprint density at radius 2 is 2.18 bits per heavy atom. The lowest BCUT2D eigenvalue weighted by atomic mass is 10.3. The van der Waals surface area contributed by atoms with E-state index in [0.29, 0.717) is 6.54 Å². The van der Waals surface area contributed by atoms with Crippen LogP contribution in [0.2, 0.25) is 0 Å². The van der Waals surface area contributed by atoms with Crippen LogP contribution < -0.4 is 11.1 Å². The molecular formula is C8H16N2O. The molecule has 0 aliphatic heterocycles. The van der Waals surface area contributed by atoms with Gasteiger partial charge in [-0.3, -0.25) is 4.79 Å². The molecule has 0 saturated heterocycles. The van der Waals surface area contributed by atoms with Crippen LogP contribution in [0.1, 0.15) is 20.8 Å². The van der Waals surface area contributed by atoms with Gasteiger partial charge in [0, 0.05) is 6.54 Å². The molecule has 0 spiro atoms. The summed E-state index contributed by atoms with van der Waals surface area (Å²) < 4.78 is 0. The van der Waals surface area contributed by atoms with Gasteiger partial charge in [-0.2, -0.15) is 0 Å². The van der Waals surface area contributed by atoms with Gasteiger partial charge < -0.3 is 11.1 Å². The molecule has 11 heavy (non-hydrogen) atoms. The Labute approximate surface area is 67.7 Å². The molecule has 64 valence electrons. The van der Waals surface area contributed by atoms with Gasteiger partial charge in [0.15, 0.2) is 0 Å². The van der Waals surface area contributed by atoms with Gasteiger partial charge in [-0.05, 0) is 20.8 Å². The lowest BCUT2D eigenvalue weighted by Gasteiger charge is -2.04. The van der Waals surface area contributed by atoms with Crippen LogP contribution >= 0.6 is 0 Å². The molecule has 0 radical (unpaired) electrons. The molecule has 0 fully saturated rings.